The number of aliphatic hydroxyl groups is 1. The van der Waals surface area contributed by atoms with E-state index in [0.717, 1.165) is 199 Å². The van der Waals surface area contributed by atoms with Gasteiger partial charge in [0.2, 0.25) is 0 Å². The SMILES string of the molecule is CC/C=C\C/C=C\C/C=C\C/C=C\C/C=C\CCCCCC(=O)OCC(COP(=O)(O)OCC(O)COP(=O)(O)OCC(COC(=O)CCCCCCCC/C=C\C/C=C\C/C=C\C/C=C\CC)OC(=O)CCCCCC/C=C\C/C=C\C/C=C\C/C=C\CC)OC(=O)CCC/C=C\C/C=C\C/C=C\C/C=C\C/C=C\CC. The molecule has 0 saturated carbocycles. The summed E-state index contributed by atoms with van der Waals surface area (Å²) in [7, 11) is -10.0. The maximum atomic E-state index is 13.1. The molecule has 0 aliphatic rings. The van der Waals surface area contributed by atoms with Crippen molar-refractivity contribution in [3.05, 3.63) is 219 Å². The van der Waals surface area contributed by atoms with E-state index in [1.54, 1.807) is 0 Å². The second-order valence-electron chi connectivity index (χ2n) is 26.9. The van der Waals surface area contributed by atoms with E-state index in [1.807, 2.05) is 12.2 Å². The van der Waals surface area contributed by atoms with Crippen LogP contribution in [0.15, 0.2) is 219 Å². The molecule has 0 aliphatic heterocycles. The van der Waals surface area contributed by atoms with Crippen molar-refractivity contribution in [3.8, 4) is 0 Å². The summed E-state index contributed by atoms with van der Waals surface area (Å²) in [5.41, 5.74) is 0. The van der Waals surface area contributed by atoms with E-state index in [0.29, 0.717) is 32.1 Å². The van der Waals surface area contributed by atoms with Crippen LogP contribution in [-0.2, 0) is 65.4 Å². The Morgan fingerprint density at radius 1 is 0.250 bits per heavy atom. The fourth-order valence-corrected chi connectivity index (χ4v) is 11.8. The van der Waals surface area contributed by atoms with E-state index < -0.39 is 97.5 Å². The van der Waals surface area contributed by atoms with Crippen LogP contribution in [0.4, 0.5) is 0 Å². The Kier molecular flexibility index (Phi) is 77.5. The van der Waals surface area contributed by atoms with Gasteiger partial charge < -0.3 is 33.8 Å². The first-order valence-corrected chi connectivity index (χ1v) is 45.0. The quantitative estimate of drug-likeness (QED) is 0.0169. The number of phosphoric acid groups is 2. The van der Waals surface area contributed by atoms with Crippen LogP contribution in [0.25, 0.3) is 0 Å². The first-order valence-electron chi connectivity index (χ1n) is 42.0. The Morgan fingerprint density at radius 3 is 0.714 bits per heavy atom. The monoisotopic (exact) mass is 1600 g/mol. The summed E-state index contributed by atoms with van der Waals surface area (Å²) in [6, 6.07) is 0. The smallest absolute Gasteiger partial charge is 0.462 e. The van der Waals surface area contributed by atoms with Gasteiger partial charge in [0.15, 0.2) is 12.2 Å². The van der Waals surface area contributed by atoms with Crippen LogP contribution in [0.2, 0.25) is 0 Å². The number of phosphoric ester groups is 2. The molecule has 5 atom stereocenters. The number of hydrogen-bond donors (Lipinski definition) is 3. The minimum Gasteiger partial charge on any atom is -0.462 e. The van der Waals surface area contributed by atoms with Crippen molar-refractivity contribution < 1.29 is 80.2 Å². The Morgan fingerprint density at radius 2 is 0.446 bits per heavy atom. The Labute approximate surface area is 677 Å². The van der Waals surface area contributed by atoms with Crippen LogP contribution in [0, 0.1) is 0 Å². The molecule has 0 amide bonds. The number of esters is 4. The molecule has 0 aromatic rings. The Bertz CT molecular complexity index is 2990. The van der Waals surface area contributed by atoms with Crippen molar-refractivity contribution in [2.75, 3.05) is 39.6 Å². The van der Waals surface area contributed by atoms with Gasteiger partial charge in [0.05, 0.1) is 26.4 Å². The van der Waals surface area contributed by atoms with Gasteiger partial charge in [-0.3, -0.25) is 37.3 Å². The number of aliphatic hydroxyl groups excluding tert-OH is 1. The summed E-state index contributed by atoms with van der Waals surface area (Å²) in [6.45, 7) is 4.25. The Balaban J connectivity index is 5.53. The number of rotatable bonds is 76. The molecular weight excluding hydrogens is 1450 g/mol. The maximum Gasteiger partial charge on any atom is 0.472 e. The molecule has 0 heterocycles. The lowest BCUT2D eigenvalue weighted by molar-refractivity contribution is -0.161. The van der Waals surface area contributed by atoms with Crippen LogP contribution >= 0.6 is 15.6 Å². The first-order chi connectivity index (χ1) is 54.7. The molecule has 19 heteroatoms. The fourth-order valence-electron chi connectivity index (χ4n) is 10.2. The van der Waals surface area contributed by atoms with Gasteiger partial charge in [-0.15, -0.1) is 0 Å². The zero-order valence-electron chi connectivity index (χ0n) is 69.0. The van der Waals surface area contributed by atoms with Crippen LogP contribution in [0.5, 0.6) is 0 Å². The standard InChI is InChI=1S/C93H146O17P2/c1-5-9-13-17-21-25-29-33-37-41-43-47-49-53-57-61-65-69-73-77-90(95)103-83-88(109-92(97)79-75-71-67-63-59-55-51-45-39-35-31-27-23-19-15-11-7-3)85-107-111(99,100)105-81-87(94)82-106-112(101,102)108-86-89(110-93(98)80-76-72-68-64-60-56-52-46-40-36-32-28-24-20-16-12-8-4)84-104-91(96)78-74-70-66-62-58-54-50-48-44-42-38-34-30-26-22-18-14-10-6-2/h9-16,21-28,33-40,43-44,47-48,51-53,55-57,63,67,87-89,94H,5-8,17-20,29-32,41-42,45-46,49-50,54,58-62,64-66,68-86H2,1-4H3,(H,99,100)(H,101,102)/b13-9-,14-10-,15-11-,16-12-,25-21-,26-22-,27-23-,28-24-,37-33-,38-34-,39-35-,40-36-,47-43-,48-44-,55-51-,56-52-,57-53-,67-63-. The molecule has 17 nitrogen and oxygen atoms in total. The van der Waals surface area contributed by atoms with Crippen LogP contribution < -0.4 is 0 Å². The molecule has 0 radical (unpaired) electrons. The maximum absolute atomic E-state index is 13.1. The molecule has 0 bridgehead atoms. The number of carbonyl (C=O) groups excluding carboxylic acids is 4. The van der Waals surface area contributed by atoms with Gasteiger partial charge in [-0.05, 0) is 186 Å². The third-order valence-electron chi connectivity index (χ3n) is 16.4. The topological polar surface area (TPSA) is 237 Å². The molecule has 0 spiro atoms. The molecular formula is C93H146O17P2. The van der Waals surface area contributed by atoms with Crippen LogP contribution in [-0.4, -0.2) is 96.7 Å². The van der Waals surface area contributed by atoms with E-state index in [9.17, 15) is 43.2 Å². The van der Waals surface area contributed by atoms with Crippen LogP contribution in [0.3, 0.4) is 0 Å². The molecule has 0 rings (SSSR count). The second kappa shape index (κ2) is 82.4. The number of carbonyl (C=O) groups is 4. The zero-order valence-corrected chi connectivity index (χ0v) is 70.8. The van der Waals surface area contributed by atoms with Crippen molar-refractivity contribution in [3.63, 3.8) is 0 Å². The number of allylic oxidation sites excluding steroid dienone is 36. The lowest BCUT2D eigenvalue weighted by Gasteiger charge is -2.21. The third kappa shape index (κ3) is 81.4. The van der Waals surface area contributed by atoms with E-state index in [2.05, 4.69) is 234 Å². The van der Waals surface area contributed by atoms with E-state index in [1.165, 1.54) is 0 Å². The number of unbranched alkanes of at least 4 members (excludes halogenated alkanes) is 14. The van der Waals surface area contributed by atoms with Gasteiger partial charge in [0.25, 0.3) is 0 Å². The summed E-state index contributed by atoms with van der Waals surface area (Å²) in [5.74, 6) is -2.35. The van der Waals surface area contributed by atoms with Crippen molar-refractivity contribution in [2.24, 2.45) is 0 Å². The predicted octanol–water partition coefficient (Wildman–Crippen LogP) is 25.2. The van der Waals surface area contributed by atoms with Gasteiger partial charge in [-0.1, -0.05) is 291 Å². The molecule has 3 N–H and O–H groups in total. The third-order valence-corrected chi connectivity index (χ3v) is 18.3. The second-order valence-corrected chi connectivity index (χ2v) is 29.8. The van der Waals surface area contributed by atoms with Gasteiger partial charge in [0, 0.05) is 25.7 Å². The average Bonchev–Trinajstić information content (AvgIpc) is 0.895. The van der Waals surface area contributed by atoms with Crippen molar-refractivity contribution >= 4 is 39.5 Å². The normalized spacial score (nSPS) is 14.9. The minimum atomic E-state index is -5.02. The van der Waals surface area contributed by atoms with Gasteiger partial charge in [-0.25, -0.2) is 9.13 Å². The van der Waals surface area contributed by atoms with E-state index in [-0.39, 0.29) is 25.7 Å². The molecule has 630 valence electrons. The summed E-state index contributed by atoms with van der Waals surface area (Å²) in [5, 5.41) is 10.7. The van der Waals surface area contributed by atoms with Crippen molar-refractivity contribution in [1.82, 2.24) is 0 Å². The van der Waals surface area contributed by atoms with Crippen molar-refractivity contribution in [2.45, 2.75) is 303 Å². The number of ether oxygens (including phenoxy) is 4. The fraction of sp³-hybridized carbons (Fsp3) is 0.570. The largest absolute Gasteiger partial charge is 0.472 e. The van der Waals surface area contributed by atoms with E-state index in [4.69, 9.17) is 37.0 Å². The predicted molar refractivity (Wildman–Crippen MR) is 463 cm³/mol. The molecule has 0 saturated heterocycles. The molecule has 5 unspecified atom stereocenters. The lowest BCUT2D eigenvalue weighted by Crippen LogP contribution is -2.30. The average molecular weight is 1600 g/mol. The van der Waals surface area contributed by atoms with Gasteiger partial charge in [0.1, 0.15) is 19.3 Å². The molecule has 0 aromatic carbocycles. The minimum absolute atomic E-state index is 0.00134. The van der Waals surface area contributed by atoms with Crippen molar-refractivity contribution in [1.29, 1.82) is 0 Å². The first kappa shape index (κ1) is 105. The summed E-state index contributed by atoms with van der Waals surface area (Å²) >= 11 is 0. The lowest BCUT2D eigenvalue weighted by atomic mass is 10.1. The number of hydrogen-bond acceptors (Lipinski definition) is 15. The van der Waals surface area contributed by atoms with E-state index >= 15 is 0 Å². The Hall–Kier alpha value is -6.62. The summed E-state index contributed by atoms with van der Waals surface area (Å²) in [6.07, 6.45) is 105. The highest BCUT2D eigenvalue weighted by atomic mass is 31.2. The van der Waals surface area contributed by atoms with Crippen LogP contribution in [0.1, 0.15) is 285 Å². The van der Waals surface area contributed by atoms with Gasteiger partial charge in [-0.2, -0.15) is 0 Å². The van der Waals surface area contributed by atoms with Gasteiger partial charge >= 0.3 is 39.5 Å². The zero-order chi connectivity index (χ0) is 81.7. The highest BCUT2D eigenvalue weighted by molar-refractivity contribution is 7.47. The molecule has 112 heavy (non-hydrogen) atoms. The summed E-state index contributed by atoms with van der Waals surface area (Å²) in [4.78, 5) is 73.3. The molecule has 0 aromatic heterocycles. The highest BCUT2D eigenvalue weighted by Crippen LogP contribution is 2.45. The summed E-state index contributed by atoms with van der Waals surface area (Å²) < 4.78 is 68.7. The molecule has 0 fully saturated rings. The molecule has 0 aliphatic carbocycles. The highest BCUT2D eigenvalue weighted by Gasteiger charge is 2.30.